The van der Waals surface area contributed by atoms with E-state index in [9.17, 15) is 0 Å². The molecule has 4 nitrogen and oxygen atoms in total. The fourth-order valence-electron chi connectivity index (χ4n) is 3.02. The highest BCUT2D eigenvalue weighted by molar-refractivity contribution is 6.35. The number of fused-ring (bicyclic) bond motifs is 1. The van der Waals surface area contributed by atoms with Gasteiger partial charge in [0.2, 0.25) is 0 Å². The highest BCUT2D eigenvalue weighted by Gasteiger charge is 2.16. The molecule has 0 unspecified atom stereocenters. The summed E-state index contributed by atoms with van der Waals surface area (Å²) in [6, 6.07) is 17.7. The zero-order chi connectivity index (χ0) is 18.8. The minimum atomic E-state index is 0.393. The number of allylic oxidation sites excluding steroid dienone is 1. The van der Waals surface area contributed by atoms with Gasteiger partial charge in [-0.05, 0) is 31.2 Å². The lowest BCUT2D eigenvalue weighted by atomic mass is 10.0. The zero-order valence-corrected chi connectivity index (χ0v) is 15.5. The van der Waals surface area contributed by atoms with Crippen molar-refractivity contribution < 1.29 is 0 Å². The molecule has 0 spiro atoms. The molecule has 4 rings (SSSR count). The fourth-order valence-corrected chi connectivity index (χ4v) is 3.30. The lowest BCUT2D eigenvalue weighted by Crippen LogP contribution is -2.02. The largest absolute Gasteiger partial charge is 0.382 e. The van der Waals surface area contributed by atoms with E-state index in [2.05, 4.69) is 9.97 Å². The summed E-state index contributed by atoms with van der Waals surface area (Å²) in [7, 11) is 0. The third kappa shape index (κ3) is 3.27. The molecule has 2 N–H and O–H groups in total. The van der Waals surface area contributed by atoms with Crippen LogP contribution in [-0.4, -0.2) is 15.0 Å². The Balaban J connectivity index is 2.02. The highest BCUT2D eigenvalue weighted by atomic mass is 35.5. The summed E-state index contributed by atoms with van der Waals surface area (Å²) in [4.78, 5) is 13.8. The molecular formula is C22H17ClN4. The SMILES string of the molecule is C/C=C/c1nc(-c2cc(Cl)c3ncccc3c2)c(-c2ccccc2)nc1N. The van der Waals surface area contributed by atoms with Crippen LogP contribution in [0, 0.1) is 0 Å². The summed E-state index contributed by atoms with van der Waals surface area (Å²) in [5.74, 6) is 0.393. The zero-order valence-electron chi connectivity index (χ0n) is 14.7. The quantitative estimate of drug-likeness (QED) is 0.506. The average molecular weight is 373 g/mol. The minimum absolute atomic E-state index is 0.393. The molecule has 0 saturated carbocycles. The van der Waals surface area contributed by atoms with Crippen LogP contribution in [0.15, 0.2) is 66.9 Å². The van der Waals surface area contributed by atoms with Crippen molar-refractivity contribution in [1.29, 1.82) is 0 Å². The highest BCUT2D eigenvalue weighted by Crippen LogP contribution is 2.35. The normalized spacial score (nSPS) is 11.3. The second-order valence-electron chi connectivity index (χ2n) is 6.09. The van der Waals surface area contributed by atoms with Gasteiger partial charge in [-0.3, -0.25) is 4.98 Å². The van der Waals surface area contributed by atoms with Crippen molar-refractivity contribution in [2.24, 2.45) is 0 Å². The number of hydrogen-bond acceptors (Lipinski definition) is 4. The summed E-state index contributed by atoms with van der Waals surface area (Å²) in [5.41, 5.74) is 10.8. The molecule has 4 aromatic rings. The molecule has 132 valence electrons. The predicted molar refractivity (Wildman–Crippen MR) is 112 cm³/mol. The van der Waals surface area contributed by atoms with E-state index in [1.54, 1.807) is 6.20 Å². The van der Waals surface area contributed by atoms with Gasteiger partial charge >= 0.3 is 0 Å². The van der Waals surface area contributed by atoms with Crippen molar-refractivity contribution in [1.82, 2.24) is 15.0 Å². The van der Waals surface area contributed by atoms with Crippen LogP contribution < -0.4 is 5.73 Å². The Kier molecular flexibility index (Phi) is 4.57. The van der Waals surface area contributed by atoms with Crippen LogP contribution in [0.3, 0.4) is 0 Å². The van der Waals surface area contributed by atoms with Gasteiger partial charge in [-0.2, -0.15) is 0 Å². The summed E-state index contributed by atoms with van der Waals surface area (Å²) in [6.45, 7) is 1.92. The van der Waals surface area contributed by atoms with Crippen molar-refractivity contribution in [3.05, 3.63) is 77.6 Å². The molecule has 27 heavy (non-hydrogen) atoms. The summed E-state index contributed by atoms with van der Waals surface area (Å²) in [6.07, 6.45) is 5.48. The number of rotatable bonds is 3. The number of anilines is 1. The van der Waals surface area contributed by atoms with E-state index in [-0.39, 0.29) is 0 Å². The molecule has 2 aromatic heterocycles. The number of aromatic nitrogens is 3. The number of pyridine rings is 1. The smallest absolute Gasteiger partial charge is 0.150 e. The van der Waals surface area contributed by atoms with Gasteiger partial charge in [0.05, 0.1) is 21.9 Å². The molecule has 0 saturated heterocycles. The number of nitrogens with two attached hydrogens (primary N) is 1. The maximum Gasteiger partial charge on any atom is 0.150 e. The molecule has 0 aliphatic rings. The average Bonchev–Trinajstić information content (AvgIpc) is 2.70. The Morgan fingerprint density at radius 2 is 1.70 bits per heavy atom. The molecular weight excluding hydrogens is 356 g/mol. The van der Waals surface area contributed by atoms with Crippen LogP contribution in [0.25, 0.3) is 39.5 Å². The number of benzene rings is 2. The van der Waals surface area contributed by atoms with Gasteiger partial charge in [0.15, 0.2) is 0 Å². The first-order valence-corrected chi connectivity index (χ1v) is 8.95. The van der Waals surface area contributed by atoms with E-state index in [1.165, 1.54) is 0 Å². The predicted octanol–water partition coefficient (Wildman–Crippen LogP) is 5.63. The van der Waals surface area contributed by atoms with Gasteiger partial charge in [-0.1, -0.05) is 54.1 Å². The Labute approximate surface area is 162 Å². The van der Waals surface area contributed by atoms with Crippen molar-refractivity contribution in [2.75, 3.05) is 5.73 Å². The number of nitrogens with zero attached hydrogens (tertiary/aromatic N) is 3. The van der Waals surface area contributed by atoms with Gasteiger partial charge in [-0.25, -0.2) is 9.97 Å². The summed E-state index contributed by atoms with van der Waals surface area (Å²) >= 11 is 6.49. The lowest BCUT2D eigenvalue weighted by molar-refractivity contribution is 1.20. The number of halogens is 1. The van der Waals surface area contributed by atoms with Crippen LogP contribution >= 0.6 is 11.6 Å². The van der Waals surface area contributed by atoms with Crippen molar-refractivity contribution >= 4 is 34.4 Å². The molecule has 5 heteroatoms. The Morgan fingerprint density at radius 3 is 2.48 bits per heavy atom. The maximum atomic E-state index is 6.49. The molecule has 2 heterocycles. The van der Waals surface area contributed by atoms with Gasteiger partial charge in [0.1, 0.15) is 11.5 Å². The molecule has 0 bridgehead atoms. The first kappa shape index (κ1) is 17.2. The molecule has 0 fully saturated rings. The van der Waals surface area contributed by atoms with E-state index >= 15 is 0 Å². The van der Waals surface area contributed by atoms with E-state index < -0.39 is 0 Å². The minimum Gasteiger partial charge on any atom is -0.382 e. The first-order chi connectivity index (χ1) is 13.2. The molecule has 2 aromatic carbocycles. The molecule has 0 aliphatic heterocycles. The van der Waals surface area contributed by atoms with E-state index in [0.717, 1.165) is 33.4 Å². The van der Waals surface area contributed by atoms with Crippen LogP contribution in [0.4, 0.5) is 5.82 Å². The molecule has 0 aliphatic carbocycles. The van der Waals surface area contributed by atoms with Crippen LogP contribution in [0.5, 0.6) is 0 Å². The second kappa shape index (κ2) is 7.17. The number of hydrogen-bond donors (Lipinski definition) is 1. The van der Waals surface area contributed by atoms with E-state index in [0.29, 0.717) is 16.5 Å². The summed E-state index contributed by atoms with van der Waals surface area (Å²) < 4.78 is 0. The van der Waals surface area contributed by atoms with Crippen LogP contribution in [-0.2, 0) is 0 Å². The maximum absolute atomic E-state index is 6.49. The van der Waals surface area contributed by atoms with Crippen molar-refractivity contribution in [2.45, 2.75) is 6.92 Å². The third-order valence-corrected chi connectivity index (χ3v) is 4.54. The van der Waals surface area contributed by atoms with E-state index in [1.807, 2.05) is 73.7 Å². The molecule has 0 atom stereocenters. The number of nitrogen functional groups attached to an aromatic ring is 1. The van der Waals surface area contributed by atoms with Gasteiger partial charge in [0.25, 0.3) is 0 Å². The first-order valence-electron chi connectivity index (χ1n) is 8.57. The lowest BCUT2D eigenvalue weighted by Gasteiger charge is -2.13. The van der Waals surface area contributed by atoms with Gasteiger partial charge in [0, 0.05) is 22.7 Å². The fraction of sp³-hybridized carbons (Fsp3) is 0.0455. The Bertz CT molecular complexity index is 1150. The monoisotopic (exact) mass is 372 g/mol. The van der Waals surface area contributed by atoms with Crippen molar-refractivity contribution in [3.8, 4) is 22.5 Å². The third-order valence-electron chi connectivity index (χ3n) is 4.25. The Morgan fingerprint density at radius 1 is 0.926 bits per heavy atom. The Hall–Kier alpha value is -3.24. The van der Waals surface area contributed by atoms with E-state index in [4.69, 9.17) is 22.3 Å². The van der Waals surface area contributed by atoms with Crippen LogP contribution in [0.1, 0.15) is 12.6 Å². The topological polar surface area (TPSA) is 64.7 Å². The summed E-state index contributed by atoms with van der Waals surface area (Å²) in [5, 5.41) is 1.53. The molecule has 0 radical (unpaired) electrons. The van der Waals surface area contributed by atoms with Gasteiger partial charge in [-0.15, -0.1) is 0 Å². The second-order valence-corrected chi connectivity index (χ2v) is 6.50. The van der Waals surface area contributed by atoms with Crippen molar-refractivity contribution in [3.63, 3.8) is 0 Å². The van der Waals surface area contributed by atoms with Crippen LogP contribution in [0.2, 0.25) is 5.02 Å². The van der Waals surface area contributed by atoms with Gasteiger partial charge < -0.3 is 5.73 Å². The standard InChI is InChI=1S/C22H17ClN4/c1-2-7-18-22(24)27-20(14-8-4-3-5-9-14)21(26-18)16-12-15-10-6-11-25-19(15)17(23)13-16/h2-13H,1H3,(H2,24,27)/b7-2+. The molecule has 0 amide bonds.